The van der Waals surface area contributed by atoms with Crippen LogP contribution in [0.15, 0.2) is 21.9 Å². The van der Waals surface area contributed by atoms with Gasteiger partial charge in [0, 0.05) is 9.82 Å². The fraction of sp³-hybridized carbons (Fsp3) is 0.600. The molecule has 0 aromatic carbocycles. The van der Waals surface area contributed by atoms with Crippen LogP contribution in [0.3, 0.4) is 0 Å². The van der Waals surface area contributed by atoms with Crippen molar-refractivity contribution in [3.8, 4) is 0 Å². The molecule has 0 atom stereocenters. The molecule has 0 unspecified atom stereocenters. The Labute approximate surface area is 68.6 Å². The van der Waals surface area contributed by atoms with Gasteiger partial charge in [-0.05, 0) is 23.6 Å². The van der Waals surface area contributed by atoms with Gasteiger partial charge < -0.3 is 5.11 Å². The Balaban J connectivity index is 4.70. The van der Waals surface area contributed by atoms with Gasteiger partial charge in [0.25, 0.3) is 0 Å². The van der Waals surface area contributed by atoms with E-state index >= 15 is 0 Å². The van der Waals surface area contributed by atoms with E-state index in [4.69, 9.17) is 16.2 Å². The smallest absolute Gasteiger partial charge is 0.139 e. The van der Waals surface area contributed by atoms with Crippen molar-refractivity contribution in [1.29, 1.82) is 0 Å². The minimum Gasteiger partial charge on any atom is -0.392 e. The van der Waals surface area contributed by atoms with Crippen LogP contribution >= 0.6 is 0 Å². The second kappa shape index (κ2) is 6.06. The standard InChI is InChI=1S/C5H8N6O/c1-2-4(3-12)5(8-10-6)9-11-7/h2,5,12H,3H2,1H3. The second-order valence-corrected chi connectivity index (χ2v) is 1.81. The zero-order chi connectivity index (χ0) is 9.40. The van der Waals surface area contributed by atoms with E-state index in [9.17, 15) is 0 Å². The second-order valence-electron chi connectivity index (χ2n) is 1.81. The predicted octanol–water partition coefficient (Wildman–Crippen LogP) is 1.87. The van der Waals surface area contributed by atoms with Crippen LogP contribution in [0.2, 0.25) is 0 Å². The molecule has 0 fully saturated rings. The topological polar surface area (TPSA) is 118 Å². The van der Waals surface area contributed by atoms with Crippen molar-refractivity contribution in [2.24, 2.45) is 10.2 Å². The summed E-state index contributed by atoms with van der Waals surface area (Å²) < 4.78 is 0. The molecule has 64 valence electrons. The molecule has 0 aromatic heterocycles. The lowest BCUT2D eigenvalue weighted by molar-refractivity contribution is 0.322. The Morgan fingerprint density at radius 1 is 1.50 bits per heavy atom. The monoisotopic (exact) mass is 168 g/mol. The molecule has 0 bridgehead atoms. The molecule has 0 rings (SSSR count). The summed E-state index contributed by atoms with van der Waals surface area (Å²) >= 11 is 0. The third-order valence-corrected chi connectivity index (χ3v) is 1.21. The van der Waals surface area contributed by atoms with Gasteiger partial charge in [-0.15, -0.1) is 0 Å². The summed E-state index contributed by atoms with van der Waals surface area (Å²) in [5, 5.41) is 15.1. The molecule has 0 aliphatic rings. The SMILES string of the molecule is CC=C(CO)C(N=[N+]=[N-])N=[N+]=[N-]. The quantitative estimate of drug-likeness (QED) is 0.293. The van der Waals surface area contributed by atoms with Crippen molar-refractivity contribution >= 4 is 0 Å². The molecular formula is C5H8N6O. The summed E-state index contributed by atoms with van der Waals surface area (Å²) in [5.41, 5.74) is 16.5. The molecule has 12 heavy (non-hydrogen) atoms. The van der Waals surface area contributed by atoms with E-state index in [2.05, 4.69) is 20.1 Å². The third-order valence-electron chi connectivity index (χ3n) is 1.21. The summed E-state index contributed by atoms with van der Waals surface area (Å²) in [6.45, 7) is 1.36. The molecule has 7 nitrogen and oxygen atoms in total. The Hall–Kier alpha value is -1.68. The van der Waals surface area contributed by atoms with Gasteiger partial charge in [-0.3, -0.25) is 0 Å². The molecule has 0 spiro atoms. The number of nitrogens with zero attached hydrogens (tertiary/aromatic N) is 6. The van der Waals surface area contributed by atoms with Crippen molar-refractivity contribution in [3.05, 3.63) is 32.5 Å². The lowest BCUT2D eigenvalue weighted by atomic mass is 10.2. The first-order chi connectivity index (χ1) is 5.79. The van der Waals surface area contributed by atoms with Crippen LogP contribution in [-0.4, -0.2) is 17.9 Å². The summed E-state index contributed by atoms with van der Waals surface area (Å²) in [7, 11) is 0. The van der Waals surface area contributed by atoms with Gasteiger partial charge in [0.05, 0.1) is 6.61 Å². The molecule has 0 saturated heterocycles. The van der Waals surface area contributed by atoms with E-state index in [1.165, 1.54) is 6.08 Å². The maximum atomic E-state index is 8.71. The van der Waals surface area contributed by atoms with Gasteiger partial charge >= 0.3 is 0 Å². The van der Waals surface area contributed by atoms with E-state index in [0.717, 1.165) is 0 Å². The maximum absolute atomic E-state index is 8.71. The van der Waals surface area contributed by atoms with Crippen molar-refractivity contribution in [2.75, 3.05) is 6.61 Å². The fourth-order valence-corrected chi connectivity index (χ4v) is 0.591. The third kappa shape index (κ3) is 2.94. The Morgan fingerprint density at radius 3 is 2.25 bits per heavy atom. The van der Waals surface area contributed by atoms with Crippen LogP contribution in [0.5, 0.6) is 0 Å². The first-order valence-electron chi connectivity index (χ1n) is 3.14. The highest BCUT2D eigenvalue weighted by molar-refractivity contribution is 5.09. The van der Waals surface area contributed by atoms with Crippen molar-refractivity contribution in [2.45, 2.75) is 13.1 Å². The van der Waals surface area contributed by atoms with E-state index in [0.29, 0.717) is 5.57 Å². The lowest BCUT2D eigenvalue weighted by Crippen LogP contribution is -2.06. The Kier molecular flexibility index (Phi) is 5.21. The van der Waals surface area contributed by atoms with Gasteiger partial charge in [0.15, 0.2) is 0 Å². The van der Waals surface area contributed by atoms with Crippen LogP contribution in [0.1, 0.15) is 6.92 Å². The number of aliphatic hydroxyl groups excluding tert-OH is 1. The predicted molar refractivity (Wildman–Crippen MR) is 42.9 cm³/mol. The minimum atomic E-state index is -0.963. The average Bonchev–Trinajstić information content (AvgIpc) is 2.07. The van der Waals surface area contributed by atoms with Gasteiger partial charge in [-0.25, -0.2) is 0 Å². The fourth-order valence-electron chi connectivity index (χ4n) is 0.591. The molecule has 0 radical (unpaired) electrons. The maximum Gasteiger partial charge on any atom is 0.139 e. The van der Waals surface area contributed by atoms with E-state index in [1.54, 1.807) is 6.92 Å². The zero-order valence-corrected chi connectivity index (χ0v) is 6.49. The number of hydrogen-bond donors (Lipinski definition) is 1. The molecule has 0 aliphatic heterocycles. The van der Waals surface area contributed by atoms with E-state index < -0.39 is 6.17 Å². The molecule has 0 aromatic rings. The number of aliphatic hydroxyl groups is 1. The summed E-state index contributed by atoms with van der Waals surface area (Å²) in [4.78, 5) is 4.96. The molecule has 7 heteroatoms. The number of allylic oxidation sites excluding steroid dienone is 1. The molecule has 0 amide bonds. The average molecular weight is 168 g/mol. The Bertz CT molecular complexity index is 241. The molecule has 1 N–H and O–H groups in total. The van der Waals surface area contributed by atoms with Gasteiger partial charge in [-0.1, -0.05) is 16.3 Å². The highest BCUT2D eigenvalue weighted by Crippen LogP contribution is 2.07. The molecule has 0 aliphatic carbocycles. The van der Waals surface area contributed by atoms with Crippen molar-refractivity contribution in [3.63, 3.8) is 0 Å². The van der Waals surface area contributed by atoms with Gasteiger partial charge in [0.2, 0.25) is 0 Å². The van der Waals surface area contributed by atoms with Crippen LogP contribution in [0.4, 0.5) is 0 Å². The van der Waals surface area contributed by atoms with E-state index in [-0.39, 0.29) is 6.61 Å². The van der Waals surface area contributed by atoms with E-state index in [1.807, 2.05) is 0 Å². The Morgan fingerprint density at radius 2 is 2.00 bits per heavy atom. The summed E-state index contributed by atoms with van der Waals surface area (Å²) in [5.74, 6) is 0. The largest absolute Gasteiger partial charge is 0.392 e. The van der Waals surface area contributed by atoms with Crippen LogP contribution in [0.25, 0.3) is 20.9 Å². The first-order valence-corrected chi connectivity index (χ1v) is 3.14. The molecular weight excluding hydrogens is 160 g/mol. The zero-order valence-electron chi connectivity index (χ0n) is 6.49. The van der Waals surface area contributed by atoms with Crippen molar-refractivity contribution < 1.29 is 5.11 Å². The van der Waals surface area contributed by atoms with Gasteiger partial charge in [0.1, 0.15) is 6.17 Å². The van der Waals surface area contributed by atoms with Crippen molar-refractivity contribution in [1.82, 2.24) is 0 Å². The highest BCUT2D eigenvalue weighted by atomic mass is 16.3. The molecule has 0 heterocycles. The first kappa shape index (κ1) is 10.3. The lowest BCUT2D eigenvalue weighted by Gasteiger charge is -2.04. The normalized spacial score (nSPS) is 12.7. The number of rotatable bonds is 4. The minimum absolute atomic E-state index is 0.292. The van der Waals surface area contributed by atoms with Crippen LogP contribution < -0.4 is 0 Å². The highest BCUT2D eigenvalue weighted by Gasteiger charge is 2.07. The van der Waals surface area contributed by atoms with Crippen LogP contribution in [-0.2, 0) is 0 Å². The molecule has 0 saturated carbocycles. The number of azide groups is 1. The summed E-state index contributed by atoms with van der Waals surface area (Å²) in [6.07, 6.45) is 0.573. The summed E-state index contributed by atoms with van der Waals surface area (Å²) in [6, 6.07) is 0. The van der Waals surface area contributed by atoms with Crippen LogP contribution in [0, 0.1) is 0 Å². The number of hydrogen-bond acceptors (Lipinski definition) is 3. The van der Waals surface area contributed by atoms with Gasteiger partial charge in [-0.2, -0.15) is 0 Å².